The second-order valence-electron chi connectivity index (χ2n) is 5.87. The van der Waals surface area contributed by atoms with E-state index in [4.69, 9.17) is 0 Å². The fourth-order valence-electron chi connectivity index (χ4n) is 2.03. The van der Waals surface area contributed by atoms with E-state index in [0.717, 1.165) is 26.1 Å². The van der Waals surface area contributed by atoms with Crippen molar-refractivity contribution in [1.82, 2.24) is 10.2 Å². The summed E-state index contributed by atoms with van der Waals surface area (Å²) in [7, 11) is 0. The molecule has 0 saturated carbocycles. The number of nitrogens with one attached hydrogen (secondary N) is 1. The van der Waals surface area contributed by atoms with E-state index in [1.54, 1.807) is 0 Å². The van der Waals surface area contributed by atoms with Crippen LogP contribution in [-0.4, -0.2) is 36.0 Å². The summed E-state index contributed by atoms with van der Waals surface area (Å²) in [5, 5.41) is 3.36. The van der Waals surface area contributed by atoms with Crippen molar-refractivity contribution < 1.29 is 4.79 Å². The summed E-state index contributed by atoms with van der Waals surface area (Å²) >= 11 is 0. The average molecular weight is 212 g/mol. The Morgan fingerprint density at radius 2 is 1.93 bits per heavy atom. The zero-order chi connectivity index (χ0) is 11.7. The van der Waals surface area contributed by atoms with Crippen LogP contribution in [0.15, 0.2) is 0 Å². The summed E-state index contributed by atoms with van der Waals surface area (Å²) in [4.78, 5) is 14.2. The molecule has 0 aromatic rings. The smallest absolute Gasteiger partial charge is 0.242 e. The summed E-state index contributed by atoms with van der Waals surface area (Å²) < 4.78 is 0. The van der Waals surface area contributed by atoms with Crippen molar-refractivity contribution in [3.05, 3.63) is 0 Å². The highest BCUT2D eigenvalue weighted by molar-refractivity contribution is 5.85. The first-order chi connectivity index (χ1) is 6.78. The molecule has 1 N–H and O–H groups in total. The first kappa shape index (κ1) is 12.5. The first-order valence-corrected chi connectivity index (χ1v) is 5.83. The lowest BCUT2D eigenvalue weighted by molar-refractivity contribution is -0.136. The molecule has 1 saturated heterocycles. The number of hydrogen-bond donors (Lipinski definition) is 1. The third-order valence-electron chi connectivity index (χ3n) is 2.94. The van der Waals surface area contributed by atoms with Gasteiger partial charge in [0.25, 0.3) is 0 Å². The predicted molar refractivity (Wildman–Crippen MR) is 62.7 cm³/mol. The maximum atomic E-state index is 12.2. The molecule has 0 aromatic heterocycles. The third kappa shape index (κ3) is 2.94. The molecule has 3 heteroatoms. The molecule has 1 aliphatic rings. The second kappa shape index (κ2) is 4.12. The van der Waals surface area contributed by atoms with Crippen LogP contribution >= 0.6 is 0 Å². The summed E-state index contributed by atoms with van der Waals surface area (Å²) in [6.45, 7) is 13.1. The highest BCUT2D eigenvalue weighted by Gasteiger charge is 2.38. The van der Waals surface area contributed by atoms with Crippen molar-refractivity contribution in [1.29, 1.82) is 0 Å². The van der Waals surface area contributed by atoms with E-state index in [-0.39, 0.29) is 11.3 Å². The molecule has 0 spiro atoms. The molecule has 15 heavy (non-hydrogen) atoms. The van der Waals surface area contributed by atoms with Crippen LogP contribution < -0.4 is 5.32 Å². The number of carbonyl (C=O) groups is 1. The van der Waals surface area contributed by atoms with E-state index in [1.165, 1.54) is 0 Å². The number of nitrogens with zero attached hydrogens (tertiary/aromatic N) is 1. The molecule has 1 rings (SSSR count). The molecule has 1 fully saturated rings. The molecule has 0 unspecified atom stereocenters. The van der Waals surface area contributed by atoms with Crippen LogP contribution in [0, 0.1) is 5.41 Å². The van der Waals surface area contributed by atoms with Gasteiger partial charge in [-0.15, -0.1) is 0 Å². The Morgan fingerprint density at radius 3 is 2.47 bits per heavy atom. The highest BCUT2D eigenvalue weighted by Crippen LogP contribution is 2.23. The van der Waals surface area contributed by atoms with Gasteiger partial charge in [0, 0.05) is 19.6 Å². The Bertz CT molecular complexity index is 246. The third-order valence-corrected chi connectivity index (χ3v) is 2.94. The zero-order valence-electron chi connectivity index (χ0n) is 10.7. The first-order valence-electron chi connectivity index (χ1n) is 5.83. The topological polar surface area (TPSA) is 32.3 Å². The van der Waals surface area contributed by atoms with Gasteiger partial charge in [-0.3, -0.25) is 4.79 Å². The Morgan fingerprint density at radius 1 is 1.33 bits per heavy atom. The van der Waals surface area contributed by atoms with E-state index in [9.17, 15) is 4.79 Å². The monoisotopic (exact) mass is 212 g/mol. The van der Waals surface area contributed by atoms with Gasteiger partial charge in [-0.1, -0.05) is 20.8 Å². The maximum Gasteiger partial charge on any atom is 0.242 e. The van der Waals surface area contributed by atoms with Crippen LogP contribution in [0.1, 0.15) is 41.0 Å². The number of carbonyl (C=O) groups excluding carboxylic acids is 1. The van der Waals surface area contributed by atoms with E-state index in [1.807, 2.05) is 18.7 Å². The van der Waals surface area contributed by atoms with Crippen molar-refractivity contribution >= 4 is 5.91 Å². The molecule has 1 aliphatic heterocycles. The lowest BCUT2D eigenvalue weighted by Gasteiger charge is -2.30. The molecule has 0 atom stereocenters. The van der Waals surface area contributed by atoms with Crippen molar-refractivity contribution in [2.75, 3.05) is 19.6 Å². The SMILES string of the molecule is CCCN1CC(C)(C)CNC(C)(C)C1=O. The summed E-state index contributed by atoms with van der Waals surface area (Å²) in [5.74, 6) is 0.231. The lowest BCUT2D eigenvalue weighted by atomic mass is 9.93. The number of hydrogen-bond acceptors (Lipinski definition) is 2. The Labute approximate surface area is 93.2 Å². The van der Waals surface area contributed by atoms with Gasteiger partial charge in [-0.25, -0.2) is 0 Å². The minimum atomic E-state index is -0.414. The molecular formula is C12H24N2O. The van der Waals surface area contributed by atoms with Gasteiger partial charge in [-0.05, 0) is 25.7 Å². The molecule has 3 nitrogen and oxygen atoms in total. The number of amides is 1. The van der Waals surface area contributed by atoms with E-state index in [2.05, 4.69) is 26.1 Å². The molecule has 0 radical (unpaired) electrons. The largest absolute Gasteiger partial charge is 0.341 e. The van der Waals surface area contributed by atoms with Crippen LogP contribution in [0.5, 0.6) is 0 Å². The fourth-order valence-corrected chi connectivity index (χ4v) is 2.03. The van der Waals surface area contributed by atoms with Crippen LogP contribution in [-0.2, 0) is 4.79 Å². The maximum absolute atomic E-state index is 12.2. The van der Waals surface area contributed by atoms with Crippen LogP contribution in [0.2, 0.25) is 0 Å². The van der Waals surface area contributed by atoms with Crippen LogP contribution in [0.3, 0.4) is 0 Å². The van der Waals surface area contributed by atoms with Gasteiger partial charge in [0.2, 0.25) is 5.91 Å². The zero-order valence-corrected chi connectivity index (χ0v) is 10.7. The Kier molecular flexibility index (Phi) is 3.44. The van der Waals surface area contributed by atoms with E-state index < -0.39 is 5.54 Å². The normalized spacial score (nSPS) is 25.1. The Hall–Kier alpha value is -0.570. The van der Waals surface area contributed by atoms with Gasteiger partial charge < -0.3 is 10.2 Å². The van der Waals surface area contributed by atoms with Crippen molar-refractivity contribution in [2.45, 2.75) is 46.6 Å². The summed E-state index contributed by atoms with van der Waals surface area (Å²) in [5.41, 5.74) is -0.248. The Balaban J connectivity index is 2.87. The number of rotatable bonds is 2. The minimum absolute atomic E-state index is 0.165. The van der Waals surface area contributed by atoms with Crippen molar-refractivity contribution in [2.24, 2.45) is 5.41 Å². The molecule has 1 amide bonds. The molecule has 0 bridgehead atoms. The highest BCUT2D eigenvalue weighted by atomic mass is 16.2. The standard InChI is InChI=1S/C12H24N2O/c1-6-7-14-9-11(2,3)8-13-12(4,5)10(14)15/h13H,6-9H2,1-5H3. The molecule has 0 aromatic carbocycles. The second-order valence-corrected chi connectivity index (χ2v) is 5.87. The summed E-state index contributed by atoms with van der Waals surface area (Å²) in [6, 6.07) is 0. The summed E-state index contributed by atoms with van der Waals surface area (Å²) in [6.07, 6.45) is 1.03. The van der Waals surface area contributed by atoms with Gasteiger partial charge >= 0.3 is 0 Å². The van der Waals surface area contributed by atoms with Crippen LogP contribution in [0.25, 0.3) is 0 Å². The van der Waals surface area contributed by atoms with E-state index in [0.29, 0.717) is 0 Å². The quantitative estimate of drug-likeness (QED) is 0.754. The molecule has 88 valence electrons. The van der Waals surface area contributed by atoms with E-state index >= 15 is 0 Å². The van der Waals surface area contributed by atoms with Gasteiger partial charge in [0.05, 0.1) is 5.54 Å². The molecular weight excluding hydrogens is 188 g/mol. The van der Waals surface area contributed by atoms with Crippen molar-refractivity contribution in [3.8, 4) is 0 Å². The van der Waals surface area contributed by atoms with Crippen LogP contribution in [0.4, 0.5) is 0 Å². The molecule has 1 heterocycles. The predicted octanol–water partition coefficient (Wildman–Crippen LogP) is 1.63. The van der Waals surface area contributed by atoms with Gasteiger partial charge in [0.15, 0.2) is 0 Å². The lowest BCUT2D eigenvalue weighted by Crippen LogP contribution is -2.51. The average Bonchev–Trinajstić information content (AvgIpc) is 2.19. The van der Waals surface area contributed by atoms with Gasteiger partial charge in [0.1, 0.15) is 0 Å². The minimum Gasteiger partial charge on any atom is -0.341 e. The fraction of sp³-hybridized carbons (Fsp3) is 0.917. The van der Waals surface area contributed by atoms with Crippen molar-refractivity contribution in [3.63, 3.8) is 0 Å². The molecule has 0 aliphatic carbocycles. The van der Waals surface area contributed by atoms with Gasteiger partial charge in [-0.2, -0.15) is 0 Å².